The monoisotopic (exact) mass is 753 g/mol. The Kier molecular flexibility index (Phi) is 6.09. The van der Waals surface area contributed by atoms with Gasteiger partial charge in [-0.25, -0.2) is 4.99 Å². The predicted molar refractivity (Wildman–Crippen MR) is 240 cm³/mol. The number of ether oxygens (including phenoxy) is 1. The van der Waals surface area contributed by atoms with E-state index in [0.29, 0.717) is 0 Å². The highest BCUT2D eigenvalue weighted by Gasteiger charge is 2.52. The van der Waals surface area contributed by atoms with E-state index in [9.17, 15) is 0 Å². The predicted octanol–water partition coefficient (Wildman–Crippen LogP) is 12.5. The molecule has 3 heterocycles. The van der Waals surface area contributed by atoms with E-state index >= 15 is 0 Å². The summed E-state index contributed by atoms with van der Waals surface area (Å²) >= 11 is 0. The summed E-state index contributed by atoms with van der Waals surface area (Å²) in [6.45, 7) is 0. The lowest BCUT2D eigenvalue weighted by Crippen LogP contribution is -2.46. The van der Waals surface area contributed by atoms with Gasteiger partial charge in [-0.05, 0) is 108 Å². The number of nitrogens with one attached hydrogen (secondary N) is 1. The van der Waals surface area contributed by atoms with Crippen molar-refractivity contribution in [3.8, 4) is 28.0 Å². The average Bonchev–Trinajstić information content (AvgIpc) is 4.00. The fourth-order valence-electron chi connectivity index (χ4n) is 11.3. The molecular formula is C55H35N3O. The van der Waals surface area contributed by atoms with Crippen molar-refractivity contribution in [2.24, 2.45) is 4.99 Å². The Labute approximate surface area is 340 Å². The van der Waals surface area contributed by atoms with Gasteiger partial charge in [-0.2, -0.15) is 0 Å². The second-order valence-electron chi connectivity index (χ2n) is 16.6. The molecule has 4 nitrogen and oxygen atoms in total. The molecule has 0 amide bonds. The van der Waals surface area contributed by atoms with E-state index in [-0.39, 0.29) is 18.2 Å². The van der Waals surface area contributed by atoms with Crippen molar-refractivity contribution in [3.05, 3.63) is 221 Å². The lowest BCUT2D eigenvalue weighted by molar-refractivity contribution is 0.160. The van der Waals surface area contributed by atoms with E-state index in [2.05, 4.69) is 198 Å². The van der Waals surface area contributed by atoms with Gasteiger partial charge in [0.1, 0.15) is 17.9 Å². The minimum atomic E-state index is -0.392. The third-order valence-electron chi connectivity index (χ3n) is 13.8. The summed E-state index contributed by atoms with van der Waals surface area (Å²) in [7, 11) is 0. The van der Waals surface area contributed by atoms with Crippen molar-refractivity contribution >= 4 is 49.3 Å². The van der Waals surface area contributed by atoms with Gasteiger partial charge in [-0.3, -0.25) is 4.57 Å². The van der Waals surface area contributed by atoms with Gasteiger partial charge in [0.05, 0.1) is 22.5 Å². The maximum absolute atomic E-state index is 6.93. The molecule has 4 heteroatoms. The zero-order valence-corrected chi connectivity index (χ0v) is 31.9. The Bertz CT molecular complexity index is 3360. The van der Waals surface area contributed by atoms with Gasteiger partial charge in [0.15, 0.2) is 0 Å². The van der Waals surface area contributed by atoms with Crippen LogP contribution in [-0.4, -0.2) is 16.6 Å². The van der Waals surface area contributed by atoms with Crippen LogP contribution in [0.25, 0.3) is 65.6 Å². The Morgan fingerprint density at radius 3 is 1.58 bits per heavy atom. The van der Waals surface area contributed by atoms with E-state index in [1.165, 1.54) is 76.8 Å². The highest BCUT2D eigenvalue weighted by Crippen LogP contribution is 2.63. The molecule has 59 heavy (non-hydrogen) atoms. The molecule has 2 aliphatic carbocycles. The first-order valence-corrected chi connectivity index (χ1v) is 20.6. The number of rotatable bonds is 1. The third kappa shape index (κ3) is 4.05. The van der Waals surface area contributed by atoms with Gasteiger partial charge in [0, 0.05) is 16.3 Å². The molecular weight excluding hydrogens is 719 g/mol. The van der Waals surface area contributed by atoms with E-state index < -0.39 is 5.41 Å². The van der Waals surface area contributed by atoms with Gasteiger partial charge in [-0.1, -0.05) is 152 Å². The first-order valence-electron chi connectivity index (χ1n) is 20.6. The number of benzene rings is 9. The topological polar surface area (TPSA) is 38.5 Å². The summed E-state index contributed by atoms with van der Waals surface area (Å²) in [6, 6.07) is 69.0. The van der Waals surface area contributed by atoms with Crippen LogP contribution in [-0.2, 0) is 5.41 Å². The summed E-state index contributed by atoms with van der Waals surface area (Å²) in [5.41, 5.74) is 14.7. The molecule has 0 radical (unpaired) electrons. The van der Waals surface area contributed by atoms with Gasteiger partial charge >= 0.3 is 0 Å². The normalized spacial score (nSPS) is 18.8. The lowest BCUT2D eigenvalue weighted by Gasteiger charge is -2.34. The number of hydrogen-bond donors (Lipinski definition) is 1. The van der Waals surface area contributed by atoms with Crippen molar-refractivity contribution < 1.29 is 4.74 Å². The number of aliphatic imine (C=N–C) groups is 1. The molecule has 1 spiro atoms. The van der Waals surface area contributed by atoms with Crippen molar-refractivity contribution in [1.82, 2.24) is 9.88 Å². The van der Waals surface area contributed by atoms with Crippen molar-refractivity contribution in [2.75, 3.05) is 0 Å². The molecule has 0 saturated carbocycles. The Hall–Kier alpha value is -7.43. The minimum Gasteiger partial charge on any atom is -0.485 e. The summed E-state index contributed by atoms with van der Waals surface area (Å²) in [6.07, 6.45) is -0.234. The molecule has 3 atom stereocenters. The highest BCUT2D eigenvalue weighted by molar-refractivity contribution is 6.20. The number of para-hydroxylation sites is 1. The Morgan fingerprint density at radius 1 is 0.475 bits per heavy atom. The molecule has 1 N–H and O–H groups in total. The Morgan fingerprint density at radius 2 is 0.966 bits per heavy atom. The Balaban J connectivity index is 1.02. The second kappa shape index (κ2) is 11.4. The maximum Gasteiger partial charge on any atom is 0.204 e. The third-order valence-corrected chi connectivity index (χ3v) is 13.8. The SMILES string of the molecule is c1ccc2c(c1)OC1C(c3ccc4c(c3)-c3ccccc3C43c4ccccc4-c4ccccc43)N=C(n3c4cc5ccccc5cc4c4cc5ccccc5cc43)NC21. The molecule has 1 aromatic heterocycles. The van der Waals surface area contributed by atoms with Gasteiger partial charge in [0.25, 0.3) is 0 Å². The van der Waals surface area contributed by atoms with Crippen LogP contribution in [0.15, 0.2) is 193 Å². The first-order chi connectivity index (χ1) is 29.2. The van der Waals surface area contributed by atoms with Crippen molar-refractivity contribution in [3.63, 3.8) is 0 Å². The molecule has 276 valence electrons. The minimum absolute atomic E-state index is 0.0995. The summed E-state index contributed by atoms with van der Waals surface area (Å²) in [5.74, 6) is 1.75. The van der Waals surface area contributed by atoms with E-state index in [1.807, 2.05) is 0 Å². The fourth-order valence-corrected chi connectivity index (χ4v) is 11.3. The van der Waals surface area contributed by atoms with Crippen molar-refractivity contribution in [1.29, 1.82) is 0 Å². The molecule has 0 saturated heterocycles. The van der Waals surface area contributed by atoms with Gasteiger partial charge in [-0.15, -0.1) is 0 Å². The van der Waals surface area contributed by atoms with Crippen LogP contribution in [0.2, 0.25) is 0 Å². The number of hydrogen-bond acceptors (Lipinski definition) is 3. The van der Waals surface area contributed by atoms with Crippen LogP contribution >= 0.6 is 0 Å². The lowest BCUT2D eigenvalue weighted by atomic mass is 9.70. The molecule has 10 aromatic rings. The molecule has 2 aliphatic heterocycles. The van der Waals surface area contributed by atoms with Crippen LogP contribution in [0.5, 0.6) is 5.75 Å². The number of aromatic nitrogens is 1. The first kappa shape index (κ1) is 31.6. The maximum atomic E-state index is 6.93. The molecule has 9 aromatic carbocycles. The molecule has 0 fully saturated rings. The quantitative estimate of drug-likeness (QED) is 0.181. The van der Waals surface area contributed by atoms with Crippen LogP contribution in [0.1, 0.15) is 45.5 Å². The number of fused-ring (bicyclic) bond motifs is 18. The van der Waals surface area contributed by atoms with E-state index in [4.69, 9.17) is 9.73 Å². The zero-order chi connectivity index (χ0) is 38.4. The fraction of sp³-hybridized carbons (Fsp3) is 0.0727. The highest BCUT2D eigenvalue weighted by atomic mass is 16.5. The standard InChI is InChI=1S/C55H35N3O/c1-3-15-34-30-48-42(27-32(34)13-1)43-28-33-14-2-4-16-35(33)31-49(43)58(48)54-56-51(53-52(57-54)40-20-8-12-24-50(40)59-53)36-25-26-47-41(29-36)39-19-7-11-23-46(39)55(47)44-21-9-5-17-37(44)38-18-6-10-22-45(38)55/h1-31,51-53H,(H,56,57). The second-order valence-corrected chi connectivity index (χ2v) is 16.6. The molecule has 3 unspecified atom stereocenters. The van der Waals surface area contributed by atoms with Crippen molar-refractivity contribution in [2.45, 2.75) is 23.6 Å². The van der Waals surface area contributed by atoms with Crippen LogP contribution < -0.4 is 10.1 Å². The summed E-state index contributed by atoms with van der Waals surface area (Å²) in [5, 5.41) is 11.3. The van der Waals surface area contributed by atoms with E-state index in [0.717, 1.165) is 33.9 Å². The molecule has 0 bridgehead atoms. The van der Waals surface area contributed by atoms with Gasteiger partial charge < -0.3 is 10.1 Å². The molecule has 4 aliphatic rings. The van der Waals surface area contributed by atoms with Crippen LogP contribution in [0.3, 0.4) is 0 Å². The summed E-state index contributed by atoms with van der Waals surface area (Å²) in [4.78, 5) is 5.77. The average molecular weight is 754 g/mol. The van der Waals surface area contributed by atoms with E-state index in [1.54, 1.807) is 0 Å². The zero-order valence-electron chi connectivity index (χ0n) is 31.9. The van der Waals surface area contributed by atoms with Crippen LogP contribution in [0, 0.1) is 0 Å². The van der Waals surface area contributed by atoms with Crippen LogP contribution in [0.4, 0.5) is 0 Å². The number of nitrogens with zero attached hydrogens (tertiary/aromatic N) is 2. The molecule has 14 rings (SSSR count). The van der Waals surface area contributed by atoms with Gasteiger partial charge in [0.2, 0.25) is 5.96 Å². The largest absolute Gasteiger partial charge is 0.485 e. The smallest absolute Gasteiger partial charge is 0.204 e. The summed E-state index contributed by atoms with van der Waals surface area (Å²) < 4.78 is 9.30.